The number of nitrogens with zero attached hydrogens (tertiary/aromatic N) is 2. The minimum absolute atomic E-state index is 0.342. The summed E-state index contributed by atoms with van der Waals surface area (Å²) in [4.78, 5) is 2.02. The van der Waals surface area contributed by atoms with Gasteiger partial charge in [0.2, 0.25) is 10.0 Å². The third kappa shape index (κ3) is 5.46. The average molecular weight is 229 g/mol. The molecule has 0 radical (unpaired) electrons. The van der Waals surface area contributed by atoms with Crippen LogP contribution in [0.1, 0.15) is 6.42 Å². The van der Waals surface area contributed by atoms with Crippen molar-refractivity contribution >= 4 is 21.6 Å². The van der Waals surface area contributed by atoms with Gasteiger partial charge in [0.1, 0.15) is 5.21 Å². The Morgan fingerprint density at radius 3 is 2.08 bits per heavy atom. The molecule has 0 heterocycles. The van der Waals surface area contributed by atoms with Crippen molar-refractivity contribution in [2.75, 3.05) is 39.4 Å². The number of sulfonamides is 1. The molecule has 0 rings (SSSR count). The quantitative estimate of drug-likeness (QED) is 0.618. The van der Waals surface area contributed by atoms with E-state index in [0.29, 0.717) is 6.54 Å². The first-order valence-corrected chi connectivity index (χ1v) is 6.19. The van der Waals surface area contributed by atoms with Gasteiger partial charge >= 0.3 is 0 Å². The Hall–Kier alpha value is 0.160. The zero-order chi connectivity index (χ0) is 10.5. The summed E-state index contributed by atoms with van der Waals surface area (Å²) < 4.78 is 23.6. The Morgan fingerprint density at radius 1 is 1.15 bits per heavy atom. The van der Waals surface area contributed by atoms with Gasteiger partial charge in [-0.3, -0.25) is 0 Å². The van der Waals surface area contributed by atoms with Gasteiger partial charge in [0.15, 0.2) is 0 Å². The maximum Gasteiger partial charge on any atom is 0.227 e. The van der Waals surface area contributed by atoms with Crippen molar-refractivity contribution < 1.29 is 8.42 Å². The Labute approximate surface area is 85.5 Å². The highest BCUT2D eigenvalue weighted by atomic mass is 35.5. The molecule has 0 aliphatic carbocycles. The fourth-order valence-electron chi connectivity index (χ4n) is 0.832. The maximum atomic E-state index is 11.2. The van der Waals surface area contributed by atoms with E-state index in [1.165, 1.54) is 4.31 Å². The van der Waals surface area contributed by atoms with E-state index >= 15 is 0 Å². The lowest BCUT2D eigenvalue weighted by Gasteiger charge is -2.16. The second kappa shape index (κ2) is 5.80. The number of rotatable bonds is 6. The molecular weight excluding hydrogens is 212 g/mol. The highest BCUT2D eigenvalue weighted by Gasteiger charge is 2.14. The molecule has 0 aromatic rings. The topological polar surface area (TPSA) is 40.6 Å². The van der Waals surface area contributed by atoms with E-state index in [2.05, 4.69) is 0 Å². The van der Waals surface area contributed by atoms with Crippen molar-refractivity contribution in [1.82, 2.24) is 9.21 Å². The lowest BCUT2D eigenvalue weighted by atomic mass is 10.4. The molecule has 0 bridgehead atoms. The van der Waals surface area contributed by atoms with Crippen LogP contribution in [0.3, 0.4) is 0 Å². The summed E-state index contributed by atoms with van der Waals surface area (Å²) in [6, 6.07) is 0. The van der Waals surface area contributed by atoms with Gasteiger partial charge in [0, 0.05) is 13.6 Å². The minimum atomic E-state index is -3.22. The van der Waals surface area contributed by atoms with Gasteiger partial charge in [-0.15, -0.1) is 11.6 Å². The number of hydrogen-bond donors (Lipinski definition) is 0. The summed E-state index contributed by atoms with van der Waals surface area (Å²) in [6.45, 7) is 1.40. The standard InChI is InChI=1S/C7H17ClN2O2S/c1-9(2)5-4-6-10(3)13(11,12)7-8/h4-7H2,1-3H3. The Bertz CT molecular complexity index is 229. The highest BCUT2D eigenvalue weighted by Crippen LogP contribution is 2.01. The lowest BCUT2D eigenvalue weighted by Crippen LogP contribution is -2.30. The molecule has 0 amide bonds. The Balaban J connectivity index is 3.82. The van der Waals surface area contributed by atoms with Crippen molar-refractivity contribution in [3.8, 4) is 0 Å². The van der Waals surface area contributed by atoms with Crippen molar-refractivity contribution in [2.24, 2.45) is 0 Å². The molecule has 0 unspecified atom stereocenters. The molecule has 0 fully saturated rings. The molecule has 0 aromatic heterocycles. The van der Waals surface area contributed by atoms with Crippen LogP contribution in [0, 0.1) is 0 Å². The molecule has 0 saturated heterocycles. The summed E-state index contributed by atoms with van der Waals surface area (Å²) >= 11 is 5.29. The molecule has 4 nitrogen and oxygen atoms in total. The van der Waals surface area contributed by atoms with Gasteiger partial charge in [-0.2, -0.15) is 0 Å². The molecule has 0 aliphatic heterocycles. The number of hydrogen-bond acceptors (Lipinski definition) is 3. The molecule has 0 spiro atoms. The summed E-state index contributed by atoms with van der Waals surface area (Å²) in [7, 11) is 2.24. The van der Waals surface area contributed by atoms with Gasteiger partial charge < -0.3 is 4.90 Å². The van der Waals surface area contributed by atoms with Crippen LogP contribution in [0.15, 0.2) is 0 Å². The van der Waals surface area contributed by atoms with Crippen LogP contribution in [0.2, 0.25) is 0 Å². The summed E-state index contributed by atoms with van der Waals surface area (Å²) in [5, 5.41) is -0.342. The second-order valence-corrected chi connectivity index (χ2v) is 5.86. The largest absolute Gasteiger partial charge is 0.309 e. The predicted octanol–water partition coefficient (Wildman–Crippen LogP) is 0.396. The summed E-state index contributed by atoms with van der Waals surface area (Å²) in [6.07, 6.45) is 0.819. The average Bonchev–Trinajstić information content (AvgIpc) is 2.03. The van der Waals surface area contributed by atoms with Crippen LogP contribution in [-0.4, -0.2) is 57.1 Å². The van der Waals surface area contributed by atoms with E-state index in [0.717, 1.165) is 13.0 Å². The fourth-order valence-corrected chi connectivity index (χ4v) is 1.91. The highest BCUT2D eigenvalue weighted by molar-refractivity contribution is 7.90. The van der Waals surface area contributed by atoms with Gasteiger partial charge in [0.05, 0.1) is 0 Å². The van der Waals surface area contributed by atoms with Crippen LogP contribution < -0.4 is 0 Å². The number of halogens is 1. The van der Waals surface area contributed by atoms with E-state index in [4.69, 9.17) is 11.6 Å². The molecule has 13 heavy (non-hydrogen) atoms. The third-order valence-corrected chi connectivity index (χ3v) is 3.93. The first kappa shape index (κ1) is 13.2. The fraction of sp³-hybridized carbons (Fsp3) is 1.00. The lowest BCUT2D eigenvalue weighted by molar-refractivity contribution is 0.371. The normalized spacial score (nSPS) is 12.8. The first-order chi connectivity index (χ1) is 5.90. The van der Waals surface area contributed by atoms with Crippen LogP contribution in [0.5, 0.6) is 0 Å². The van der Waals surface area contributed by atoms with Gasteiger partial charge in [-0.25, -0.2) is 12.7 Å². The summed E-state index contributed by atoms with van der Waals surface area (Å²) in [5.74, 6) is 0. The molecule has 0 N–H and O–H groups in total. The molecular formula is C7H17ClN2O2S. The van der Waals surface area contributed by atoms with E-state index in [-0.39, 0.29) is 5.21 Å². The zero-order valence-electron chi connectivity index (χ0n) is 8.33. The second-order valence-electron chi connectivity index (χ2n) is 3.20. The van der Waals surface area contributed by atoms with E-state index in [1.54, 1.807) is 7.05 Å². The van der Waals surface area contributed by atoms with Gasteiger partial charge in [-0.1, -0.05) is 0 Å². The monoisotopic (exact) mass is 228 g/mol. The molecule has 80 valence electrons. The van der Waals surface area contributed by atoms with Gasteiger partial charge in [-0.05, 0) is 27.1 Å². The van der Waals surface area contributed by atoms with E-state index in [1.807, 2.05) is 19.0 Å². The zero-order valence-corrected chi connectivity index (χ0v) is 9.90. The van der Waals surface area contributed by atoms with Crippen LogP contribution in [0.25, 0.3) is 0 Å². The minimum Gasteiger partial charge on any atom is -0.309 e. The van der Waals surface area contributed by atoms with Crippen LogP contribution in [-0.2, 0) is 10.0 Å². The van der Waals surface area contributed by atoms with Crippen LogP contribution >= 0.6 is 11.6 Å². The molecule has 0 saturated carbocycles. The molecule has 6 heteroatoms. The third-order valence-electron chi connectivity index (χ3n) is 1.69. The van der Waals surface area contributed by atoms with E-state index in [9.17, 15) is 8.42 Å². The predicted molar refractivity (Wildman–Crippen MR) is 55.4 cm³/mol. The van der Waals surface area contributed by atoms with Crippen molar-refractivity contribution in [2.45, 2.75) is 6.42 Å². The van der Waals surface area contributed by atoms with Crippen LogP contribution in [0.4, 0.5) is 0 Å². The number of alkyl halides is 1. The SMILES string of the molecule is CN(C)CCCN(C)S(=O)(=O)CCl. The smallest absolute Gasteiger partial charge is 0.227 e. The van der Waals surface area contributed by atoms with E-state index < -0.39 is 10.0 Å². The van der Waals surface area contributed by atoms with Crippen molar-refractivity contribution in [3.05, 3.63) is 0 Å². The van der Waals surface area contributed by atoms with Gasteiger partial charge in [0.25, 0.3) is 0 Å². The molecule has 0 aliphatic rings. The first-order valence-electron chi connectivity index (χ1n) is 4.05. The maximum absolute atomic E-state index is 11.2. The Morgan fingerprint density at radius 2 is 1.69 bits per heavy atom. The molecule has 0 atom stereocenters. The Kier molecular flexibility index (Phi) is 5.87. The van der Waals surface area contributed by atoms with Crippen molar-refractivity contribution in [3.63, 3.8) is 0 Å². The molecule has 0 aromatic carbocycles. The van der Waals surface area contributed by atoms with Crippen molar-refractivity contribution in [1.29, 1.82) is 0 Å². The summed E-state index contributed by atoms with van der Waals surface area (Å²) in [5.41, 5.74) is 0.